The van der Waals surface area contributed by atoms with Crippen LogP contribution in [0.1, 0.15) is 31.3 Å². The molecule has 1 atom stereocenters. The van der Waals surface area contributed by atoms with Crippen LogP contribution in [0.2, 0.25) is 0 Å². The van der Waals surface area contributed by atoms with Crippen LogP contribution >= 0.6 is 0 Å². The fourth-order valence-electron chi connectivity index (χ4n) is 3.56. The largest absolute Gasteiger partial charge is 0.328 e. The summed E-state index contributed by atoms with van der Waals surface area (Å²) in [5, 5.41) is 12.6. The van der Waals surface area contributed by atoms with Crippen molar-refractivity contribution in [3.8, 4) is 0 Å². The normalized spacial score (nSPS) is 23.1. The first-order chi connectivity index (χ1) is 11.1. The quantitative estimate of drug-likeness (QED) is 0.731. The van der Waals surface area contributed by atoms with Crippen LogP contribution in [0.3, 0.4) is 0 Å². The van der Waals surface area contributed by atoms with Gasteiger partial charge in [-0.3, -0.25) is 0 Å². The van der Waals surface area contributed by atoms with E-state index in [-0.39, 0.29) is 0 Å². The molecule has 1 aliphatic rings. The SMILES string of the molecule is CC(C)[C@@H](c1nnnn1Cc1ccccc1)[NH+]1CC[NH+](C)CC1. The third-order valence-electron chi connectivity index (χ3n) is 4.87. The van der Waals surface area contributed by atoms with Crippen molar-refractivity contribution >= 4 is 0 Å². The Kier molecular flexibility index (Phi) is 5.03. The van der Waals surface area contributed by atoms with Crippen LogP contribution in [0.4, 0.5) is 0 Å². The molecule has 0 saturated carbocycles. The highest BCUT2D eigenvalue weighted by atomic mass is 15.6. The van der Waals surface area contributed by atoms with Crippen molar-refractivity contribution in [1.29, 1.82) is 0 Å². The van der Waals surface area contributed by atoms with Crippen LogP contribution in [0.5, 0.6) is 0 Å². The Morgan fingerprint density at radius 2 is 1.78 bits per heavy atom. The second-order valence-electron chi connectivity index (χ2n) is 7.02. The lowest BCUT2D eigenvalue weighted by atomic mass is 10.0. The van der Waals surface area contributed by atoms with E-state index < -0.39 is 0 Å². The van der Waals surface area contributed by atoms with Gasteiger partial charge in [-0.15, -0.1) is 5.10 Å². The molecule has 0 amide bonds. The van der Waals surface area contributed by atoms with Gasteiger partial charge in [0, 0.05) is 5.92 Å². The van der Waals surface area contributed by atoms with Crippen LogP contribution in [-0.2, 0) is 6.54 Å². The molecule has 6 heteroatoms. The van der Waals surface area contributed by atoms with Crippen LogP contribution < -0.4 is 9.80 Å². The minimum Gasteiger partial charge on any atom is -0.328 e. The van der Waals surface area contributed by atoms with Gasteiger partial charge in [-0.2, -0.15) is 0 Å². The zero-order valence-electron chi connectivity index (χ0n) is 14.4. The Morgan fingerprint density at radius 1 is 1.09 bits per heavy atom. The predicted molar refractivity (Wildman–Crippen MR) is 88.3 cm³/mol. The minimum absolute atomic E-state index is 0.363. The summed E-state index contributed by atoms with van der Waals surface area (Å²) in [6.45, 7) is 10.1. The number of hydrogen-bond acceptors (Lipinski definition) is 3. The first-order valence-corrected chi connectivity index (χ1v) is 8.61. The monoisotopic (exact) mass is 316 g/mol. The van der Waals surface area contributed by atoms with E-state index >= 15 is 0 Å². The predicted octanol–water partition coefficient (Wildman–Crippen LogP) is -1.17. The number of hydrogen-bond donors (Lipinski definition) is 2. The molecule has 1 saturated heterocycles. The molecular weight excluding hydrogens is 288 g/mol. The van der Waals surface area contributed by atoms with Crippen molar-refractivity contribution in [3.63, 3.8) is 0 Å². The van der Waals surface area contributed by atoms with Gasteiger partial charge in [-0.25, -0.2) is 4.68 Å². The molecule has 2 aromatic rings. The molecule has 1 aromatic carbocycles. The summed E-state index contributed by atoms with van der Waals surface area (Å²) in [6, 6.07) is 10.8. The third kappa shape index (κ3) is 3.76. The van der Waals surface area contributed by atoms with Crippen LogP contribution in [0.25, 0.3) is 0 Å². The topological polar surface area (TPSA) is 52.5 Å². The smallest absolute Gasteiger partial charge is 0.209 e. The molecule has 2 heterocycles. The molecule has 1 aromatic heterocycles. The van der Waals surface area contributed by atoms with Gasteiger partial charge in [0.2, 0.25) is 5.82 Å². The maximum atomic E-state index is 4.40. The van der Waals surface area contributed by atoms with Crippen LogP contribution in [0, 0.1) is 5.92 Å². The van der Waals surface area contributed by atoms with Gasteiger partial charge in [0.05, 0.1) is 13.6 Å². The summed E-state index contributed by atoms with van der Waals surface area (Å²) in [5.41, 5.74) is 1.24. The first-order valence-electron chi connectivity index (χ1n) is 8.61. The van der Waals surface area contributed by atoms with E-state index in [4.69, 9.17) is 0 Å². The van der Waals surface area contributed by atoms with Crippen molar-refractivity contribution in [2.24, 2.45) is 5.92 Å². The van der Waals surface area contributed by atoms with Crippen molar-refractivity contribution in [1.82, 2.24) is 20.2 Å². The zero-order chi connectivity index (χ0) is 16.2. The second kappa shape index (κ2) is 7.19. The molecule has 2 N–H and O–H groups in total. The van der Waals surface area contributed by atoms with Crippen molar-refractivity contribution in [3.05, 3.63) is 41.7 Å². The Hall–Kier alpha value is -1.79. The number of benzene rings is 1. The Bertz CT molecular complexity index is 601. The summed E-state index contributed by atoms with van der Waals surface area (Å²) in [4.78, 5) is 3.25. The van der Waals surface area contributed by atoms with Gasteiger partial charge < -0.3 is 9.80 Å². The number of quaternary nitrogens is 2. The standard InChI is InChI=1S/C17H26N6/c1-14(2)16(22-11-9-21(3)10-12-22)17-18-19-20-23(17)13-15-7-5-4-6-8-15/h4-8,14,16H,9-13H2,1-3H3/p+2/t16-/m0/s1. The second-order valence-corrected chi connectivity index (χ2v) is 7.02. The number of piperazine rings is 1. The number of aromatic nitrogens is 4. The Balaban J connectivity index is 1.82. The van der Waals surface area contributed by atoms with Gasteiger partial charge in [-0.1, -0.05) is 44.2 Å². The molecule has 1 aliphatic heterocycles. The Morgan fingerprint density at radius 3 is 2.43 bits per heavy atom. The molecule has 0 aliphatic carbocycles. The lowest BCUT2D eigenvalue weighted by Crippen LogP contribution is -3.27. The lowest BCUT2D eigenvalue weighted by Gasteiger charge is -2.34. The van der Waals surface area contributed by atoms with E-state index in [0.29, 0.717) is 12.0 Å². The van der Waals surface area contributed by atoms with Gasteiger partial charge >= 0.3 is 0 Å². The highest BCUT2D eigenvalue weighted by molar-refractivity contribution is 5.15. The zero-order valence-corrected chi connectivity index (χ0v) is 14.4. The maximum Gasteiger partial charge on any atom is 0.209 e. The van der Waals surface area contributed by atoms with Gasteiger partial charge in [0.15, 0.2) is 6.04 Å². The third-order valence-corrected chi connectivity index (χ3v) is 4.87. The van der Waals surface area contributed by atoms with Crippen molar-refractivity contribution < 1.29 is 9.80 Å². The summed E-state index contributed by atoms with van der Waals surface area (Å²) in [5.74, 6) is 1.54. The maximum absolute atomic E-state index is 4.40. The molecule has 6 nitrogen and oxygen atoms in total. The summed E-state index contributed by atoms with van der Waals surface area (Å²) >= 11 is 0. The average Bonchev–Trinajstić information content (AvgIpc) is 2.98. The highest BCUT2D eigenvalue weighted by Crippen LogP contribution is 2.16. The molecule has 0 spiro atoms. The van der Waals surface area contributed by atoms with E-state index in [1.54, 1.807) is 9.80 Å². The number of tetrazole rings is 1. The van der Waals surface area contributed by atoms with E-state index in [2.05, 4.69) is 60.7 Å². The molecule has 0 bridgehead atoms. The van der Waals surface area contributed by atoms with Crippen molar-refractivity contribution in [2.45, 2.75) is 26.4 Å². The molecule has 3 rings (SSSR count). The minimum atomic E-state index is 0.363. The summed E-state index contributed by atoms with van der Waals surface area (Å²) in [7, 11) is 2.28. The van der Waals surface area contributed by atoms with E-state index in [1.165, 1.54) is 31.7 Å². The summed E-state index contributed by atoms with van der Waals surface area (Å²) < 4.78 is 1.98. The number of rotatable bonds is 5. The number of nitrogens with one attached hydrogen (secondary N) is 2. The number of likely N-dealkylation sites (N-methyl/N-ethyl adjacent to an activating group) is 1. The fourth-order valence-corrected chi connectivity index (χ4v) is 3.56. The molecule has 0 unspecified atom stereocenters. The Labute approximate surface area is 138 Å². The van der Waals surface area contributed by atoms with Gasteiger partial charge in [-0.05, 0) is 16.0 Å². The lowest BCUT2D eigenvalue weighted by molar-refractivity contribution is -1.02. The van der Waals surface area contributed by atoms with Crippen molar-refractivity contribution in [2.75, 3.05) is 33.2 Å². The average molecular weight is 316 g/mol. The van der Waals surface area contributed by atoms with Crippen LogP contribution in [0.15, 0.2) is 30.3 Å². The first kappa shape index (κ1) is 16.1. The molecule has 1 fully saturated rings. The highest BCUT2D eigenvalue weighted by Gasteiger charge is 2.35. The molecule has 124 valence electrons. The summed E-state index contributed by atoms with van der Waals surface area (Å²) in [6.07, 6.45) is 0. The van der Waals surface area contributed by atoms with Gasteiger partial charge in [0.1, 0.15) is 26.2 Å². The van der Waals surface area contributed by atoms with Gasteiger partial charge in [0.25, 0.3) is 0 Å². The van der Waals surface area contributed by atoms with E-state index in [1.807, 2.05) is 10.7 Å². The fraction of sp³-hybridized carbons (Fsp3) is 0.588. The molecular formula is C17H28N6+2. The van der Waals surface area contributed by atoms with E-state index in [0.717, 1.165) is 12.4 Å². The van der Waals surface area contributed by atoms with E-state index in [9.17, 15) is 0 Å². The molecule has 23 heavy (non-hydrogen) atoms. The number of nitrogens with zero attached hydrogens (tertiary/aromatic N) is 4. The van der Waals surface area contributed by atoms with Crippen LogP contribution in [-0.4, -0.2) is 53.4 Å². The molecule has 0 radical (unpaired) electrons.